The second-order valence-electron chi connectivity index (χ2n) is 2.85. The van der Waals surface area contributed by atoms with Crippen LogP contribution in [0.2, 0.25) is 0 Å². The van der Waals surface area contributed by atoms with Gasteiger partial charge < -0.3 is 5.11 Å². The number of halogens is 2. The average molecular weight is 335 g/mol. The largest absolute Gasteiger partial charge is 0.478 e. The molecule has 0 spiro atoms. The first kappa shape index (κ1) is 12.5. The minimum atomic E-state index is -1.18. The summed E-state index contributed by atoms with van der Waals surface area (Å²) < 4.78 is 14.4. The number of benzene rings is 1. The van der Waals surface area contributed by atoms with Crippen LogP contribution in [0.15, 0.2) is 31.4 Å². The van der Waals surface area contributed by atoms with E-state index >= 15 is 0 Å². The summed E-state index contributed by atoms with van der Waals surface area (Å²) in [6.07, 6.45) is 0. The van der Waals surface area contributed by atoms with Crippen LogP contribution >= 0.6 is 39.0 Å². The number of aromatic nitrogens is 2. The van der Waals surface area contributed by atoms with Crippen LogP contribution in [0, 0.1) is 5.82 Å². The molecule has 88 valence electrons. The van der Waals surface area contributed by atoms with E-state index in [0.717, 1.165) is 11.8 Å². The number of nitrogens with zero attached hydrogens (tertiary/aromatic N) is 2. The lowest BCUT2D eigenvalue weighted by Gasteiger charge is -2.04. The van der Waals surface area contributed by atoms with Crippen LogP contribution in [-0.4, -0.2) is 21.3 Å². The van der Waals surface area contributed by atoms with Crippen LogP contribution in [-0.2, 0) is 0 Å². The molecule has 0 fully saturated rings. The summed E-state index contributed by atoms with van der Waals surface area (Å²) >= 11 is 5.32. The second kappa shape index (κ2) is 5.11. The second-order valence-corrected chi connectivity index (χ2v) is 5.77. The minimum absolute atomic E-state index is 0.0560. The van der Waals surface area contributed by atoms with E-state index in [1.54, 1.807) is 5.51 Å². The molecule has 0 saturated carbocycles. The highest BCUT2D eigenvalue weighted by Gasteiger charge is 2.17. The monoisotopic (exact) mass is 334 g/mol. The van der Waals surface area contributed by atoms with E-state index in [-0.39, 0.29) is 10.0 Å². The van der Waals surface area contributed by atoms with Gasteiger partial charge in [0.05, 0.1) is 14.9 Å². The van der Waals surface area contributed by atoms with Crippen molar-refractivity contribution in [3.8, 4) is 0 Å². The van der Waals surface area contributed by atoms with Crippen molar-refractivity contribution in [2.75, 3.05) is 0 Å². The zero-order valence-electron chi connectivity index (χ0n) is 8.05. The summed E-state index contributed by atoms with van der Waals surface area (Å²) in [5.41, 5.74) is 1.44. The molecular weight excluding hydrogens is 331 g/mol. The lowest BCUT2D eigenvalue weighted by atomic mass is 10.2. The van der Waals surface area contributed by atoms with Crippen molar-refractivity contribution in [3.05, 3.63) is 33.5 Å². The van der Waals surface area contributed by atoms with Crippen LogP contribution in [0.1, 0.15) is 10.4 Å². The molecule has 0 aliphatic heterocycles. The van der Waals surface area contributed by atoms with Crippen molar-refractivity contribution < 1.29 is 14.3 Å². The highest BCUT2D eigenvalue weighted by atomic mass is 79.9. The standard InChI is InChI=1S/C9H4BrFN2O2S2/c10-6-4(8(14)15)1-2-5(7(6)11)17-9-13-12-3-16-9/h1-3H,(H,14,15). The normalized spacial score (nSPS) is 10.5. The maximum Gasteiger partial charge on any atom is 0.336 e. The maximum absolute atomic E-state index is 13.8. The Kier molecular flexibility index (Phi) is 3.75. The number of carboxylic acid groups (broad SMARTS) is 1. The van der Waals surface area contributed by atoms with Gasteiger partial charge in [-0.1, -0.05) is 23.1 Å². The Balaban J connectivity index is 2.37. The van der Waals surface area contributed by atoms with E-state index in [1.165, 1.54) is 23.5 Å². The topological polar surface area (TPSA) is 63.1 Å². The van der Waals surface area contributed by atoms with Gasteiger partial charge in [0.25, 0.3) is 0 Å². The Morgan fingerprint density at radius 1 is 1.53 bits per heavy atom. The zero-order chi connectivity index (χ0) is 12.4. The van der Waals surface area contributed by atoms with Gasteiger partial charge >= 0.3 is 5.97 Å². The number of hydrogen-bond acceptors (Lipinski definition) is 5. The minimum Gasteiger partial charge on any atom is -0.478 e. The summed E-state index contributed by atoms with van der Waals surface area (Å²) in [4.78, 5) is 11.1. The van der Waals surface area contributed by atoms with Crippen LogP contribution in [0.25, 0.3) is 0 Å². The molecule has 0 saturated heterocycles. The average Bonchev–Trinajstić information content (AvgIpc) is 2.77. The first-order chi connectivity index (χ1) is 8.09. The number of rotatable bonds is 3. The molecule has 4 nitrogen and oxygen atoms in total. The lowest BCUT2D eigenvalue weighted by Crippen LogP contribution is -2.00. The van der Waals surface area contributed by atoms with Crippen molar-refractivity contribution >= 4 is 45.0 Å². The highest BCUT2D eigenvalue weighted by molar-refractivity contribution is 9.10. The van der Waals surface area contributed by atoms with Crippen LogP contribution in [0.5, 0.6) is 0 Å². The number of carbonyl (C=O) groups is 1. The third kappa shape index (κ3) is 2.64. The number of aromatic carboxylic acids is 1. The summed E-state index contributed by atoms with van der Waals surface area (Å²) in [5, 5.41) is 16.2. The van der Waals surface area contributed by atoms with Crippen molar-refractivity contribution in [2.45, 2.75) is 9.24 Å². The van der Waals surface area contributed by atoms with Crippen molar-refractivity contribution in [3.63, 3.8) is 0 Å². The maximum atomic E-state index is 13.8. The molecule has 0 atom stereocenters. The Morgan fingerprint density at radius 2 is 2.29 bits per heavy atom. The molecule has 1 aromatic heterocycles. The predicted molar refractivity (Wildman–Crippen MR) is 65.1 cm³/mol. The lowest BCUT2D eigenvalue weighted by molar-refractivity contribution is 0.0695. The van der Waals surface area contributed by atoms with Gasteiger partial charge in [-0.05, 0) is 28.1 Å². The fourth-order valence-corrected chi connectivity index (χ4v) is 3.20. The number of hydrogen-bond donors (Lipinski definition) is 1. The van der Waals surface area contributed by atoms with E-state index < -0.39 is 11.8 Å². The van der Waals surface area contributed by atoms with Crippen molar-refractivity contribution in [1.82, 2.24) is 10.2 Å². The molecule has 1 aromatic carbocycles. The zero-order valence-corrected chi connectivity index (χ0v) is 11.3. The molecule has 0 unspecified atom stereocenters. The first-order valence-corrected chi connectivity index (χ1v) is 6.74. The third-order valence-electron chi connectivity index (χ3n) is 1.81. The van der Waals surface area contributed by atoms with Crippen LogP contribution < -0.4 is 0 Å². The SMILES string of the molecule is O=C(O)c1ccc(Sc2nncs2)c(F)c1Br. The van der Waals surface area contributed by atoms with Gasteiger partial charge in [-0.2, -0.15) is 0 Å². The van der Waals surface area contributed by atoms with Crippen LogP contribution in [0.3, 0.4) is 0 Å². The van der Waals surface area contributed by atoms with E-state index in [2.05, 4.69) is 26.1 Å². The van der Waals surface area contributed by atoms with Gasteiger partial charge in [0.2, 0.25) is 0 Å². The third-order valence-corrected chi connectivity index (χ3v) is 4.40. The van der Waals surface area contributed by atoms with E-state index in [4.69, 9.17) is 5.11 Å². The molecule has 17 heavy (non-hydrogen) atoms. The summed E-state index contributed by atoms with van der Waals surface area (Å²) in [6, 6.07) is 2.76. The molecule has 1 N–H and O–H groups in total. The fourth-order valence-electron chi connectivity index (χ4n) is 1.08. The molecular formula is C9H4BrFN2O2S2. The number of carboxylic acids is 1. The van der Waals surface area contributed by atoms with Gasteiger partial charge in [0.15, 0.2) is 10.2 Å². The molecule has 0 radical (unpaired) electrons. The summed E-state index contributed by atoms with van der Waals surface area (Å²) in [7, 11) is 0. The van der Waals surface area contributed by atoms with E-state index in [9.17, 15) is 9.18 Å². The van der Waals surface area contributed by atoms with Gasteiger partial charge in [0.1, 0.15) is 5.51 Å². The van der Waals surface area contributed by atoms with Gasteiger partial charge in [-0.3, -0.25) is 0 Å². The Morgan fingerprint density at radius 3 is 2.88 bits per heavy atom. The molecule has 8 heteroatoms. The summed E-state index contributed by atoms with van der Waals surface area (Å²) in [6.45, 7) is 0. The Hall–Kier alpha value is -0.990. The molecule has 1 heterocycles. The van der Waals surface area contributed by atoms with Crippen molar-refractivity contribution in [1.29, 1.82) is 0 Å². The molecule has 0 bridgehead atoms. The highest BCUT2D eigenvalue weighted by Crippen LogP contribution is 2.34. The van der Waals surface area contributed by atoms with Gasteiger partial charge in [-0.25, -0.2) is 9.18 Å². The molecule has 0 amide bonds. The first-order valence-electron chi connectivity index (χ1n) is 4.25. The smallest absolute Gasteiger partial charge is 0.336 e. The molecule has 0 aliphatic carbocycles. The van der Waals surface area contributed by atoms with E-state index in [1.807, 2.05) is 0 Å². The Bertz CT molecular complexity index is 562. The van der Waals surface area contributed by atoms with E-state index in [0.29, 0.717) is 9.24 Å². The van der Waals surface area contributed by atoms with Crippen molar-refractivity contribution in [2.24, 2.45) is 0 Å². The van der Waals surface area contributed by atoms with Crippen LogP contribution in [0.4, 0.5) is 4.39 Å². The fraction of sp³-hybridized carbons (Fsp3) is 0. The van der Waals surface area contributed by atoms with Gasteiger partial charge in [-0.15, -0.1) is 10.2 Å². The quantitative estimate of drug-likeness (QED) is 0.933. The summed E-state index contributed by atoms with van der Waals surface area (Å²) in [5.74, 6) is -1.78. The molecule has 0 aliphatic rings. The molecule has 2 rings (SSSR count). The predicted octanol–water partition coefficient (Wildman–Crippen LogP) is 3.29. The Labute approximate surface area is 112 Å². The molecule has 2 aromatic rings. The van der Waals surface area contributed by atoms with Gasteiger partial charge in [0, 0.05) is 0 Å².